The van der Waals surface area contributed by atoms with Crippen molar-refractivity contribution in [1.29, 1.82) is 0 Å². The molecule has 36 heavy (non-hydrogen) atoms. The minimum absolute atomic E-state index is 0.0545. The highest BCUT2D eigenvalue weighted by atomic mass is 19.4. The number of aryl methyl sites for hydroxylation is 1. The minimum atomic E-state index is -4.36. The van der Waals surface area contributed by atoms with Crippen LogP contribution in [0.4, 0.5) is 23.7 Å². The maximum atomic E-state index is 12.4. The number of halogens is 3. The number of nitrogens with zero attached hydrogens (tertiary/aromatic N) is 2. The number of rotatable bonds is 9. The van der Waals surface area contributed by atoms with Crippen molar-refractivity contribution in [2.75, 3.05) is 24.6 Å². The first kappa shape index (κ1) is 25.6. The number of benzene rings is 2. The molecule has 4 rings (SSSR count). The zero-order valence-electron chi connectivity index (χ0n) is 20.3. The van der Waals surface area contributed by atoms with E-state index in [0.29, 0.717) is 53.7 Å². The molecule has 0 spiro atoms. The van der Waals surface area contributed by atoms with Crippen molar-refractivity contribution in [2.24, 2.45) is 0 Å². The molecule has 192 valence electrons. The Labute approximate surface area is 207 Å². The van der Waals surface area contributed by atoms with E-state index in [0.717, 1.165) is 11.1 Å². The third kappa shape index (κ3) is 6.57. The summed E-state index contributed by atoms with van der Waals surface area (Å²) in [4.78, 5) is 18.3. The molecule has 1 aliphatic heterocycles. The lowest BCUT2D eigenvalue weighted by Crippen LogP contribution is -2.27. The van der Waals surface area contributed by atoms with Gasteiger partial charge >= 0.3 is 12.2 Å². The van der Waals surface area contributed by atoms with Crippen molar-refractivity contribution >= 4 is 11.7 Å². The first-order valence-electron chi connectivity index (χ1n) is 11.6. The van der Waals surface area contributed by atoms with Gasteiger partial charge in [-0.1, -0.05) is 18.2 Å². The molecule has 0 unspecified atom stereocenters. The van der Waals surface area contributed by atoms with Gasteiger partial charge in [0.15, 0.2) is 11.7 Å². The zero-order chi connectivity index (χ0) is 25.9. The van der Waals surface area contributed by atoms with Gasteiger partial charge in [-0.2, -0.15) is 13.2 Å². The second-order valence-electron chi connectivity index (χ2n) is 8.93. The lowest BCUT2D eigenvalue weighted by molar-refractivity contribution is -0.176. The second-order valence-corrected chi connectivity index (χ2v) is 8.93. The summed E-state index contributed by atoms with van der Waals surface area (Å²) in [6, 6.07) is 10.7. The van der Waals surface area contributed by atoms with E-state index in [-0.39, 0.29) is 18.7 Å². The fraction of sp³-hybridized carbons (Fsp3) is 0.385. The van der Waals surface area contributed by atoms with Gasteiger partial charge in [-0.05, 0) is 49.6 Å². The maximum absolute atomic E-state index is 12.4. The van der Waals surface area contributed by atoms with Crippen molar-refractivity contribution in [1.82, 2.24) is 10.3 Å². The van der Waals surface area contributed by atoms with Gasteiger partial charge in [0.1, 0.15) is 12.4 Å². The molecule has 1 aliphatic rings. The van der Waals surface area contributed by atoms with Gasteiger partial charge < -0.3 is 19.2 Å². The Hall–Kier alpha value is -3.53. The van der Waals surface area contributed by atoms with Crippen LogP contribution in [0.15, 0.2) is 47.0 Å². The van der Waals surface area contributed by atoms with Crippen LogP contribution in [0, 0.1) is 6.92 Å². The van der Waals surface area contributed by atoms with Crippen LogP contribution in [0.3, 0.4) is 0 Å². The van der Waals surface area contributed by atoms with Crippen molar-refractivity contribution in [3.8, 4) is 17.1 Å². The highest BCUT2D eigenvalue weighted by Gasteiger charge is 2.27. The fourth-order valence-electron chi connectivity index (χ4n) is 3.92. The van der Waals surface area contributed by atoms with E-state index in [1.54, 1.807) is 23.2 Å². The number of anilines is 1. The summed E-state index contributed by atoms with van der Waals surface area (Å²) in [7, 11) is 0. The Balaban J connectivity index is 1.54. The van der Waals surface area contributed by atoms with Gasteiger partial charge in [-0.25, -0.2) is 9.78 Å². The van der Waals surface area contributed by atoms with Crippen molar-refractivity contribution in [3.05, 3.63) is 65.2 Å². The number of carbonyl (C=O) groups excluding carboxylic acids is 1. The fourth-order valence-corrected chi connectivity index (χ4v) is 3.92. The Kier molecular flexibility index (Phi) is 7.53. The van der Waals surface area contributed by atoms with E-state index in [1.807, 2.05) is 45.0 Å². The van der Waals surface area contributed by atoms with Crippen LogP contribution in [-0.2, 0) is 17.8 Å². The van der Waals surface area contributed by atoms with E-state index >= 15 is 0 Å². The molecular weight excluding hydrogens is 475 g/mol. The van der Waals surface area contributed by atoms with E-state index in [1.165, 1.54) is 0 Å². The number of oxazole rings is 1. The molecule has 2 amide bonds. The maximum Gasteiger partial charge on any atom is 0.411 e. The molecule has 7 nitrogen and oxygen atoms in total. The molecule has 0 atom stereocenters. The average molecular weight is 504 g/mol. The van der Waals surface area contributed by atoms with Crippen LogP contribution in [0.1, 0.15) is 36.4 Å². The highest BCUT2D eigenvalue weighted by Crippen LogP contribution is 2.32. The normalized spacial score (nSPS) is 14.0. The van der Waals surface area contributed by atoms with Crippen LogP contribution in [0.25, 0.3) is 11.3 Å². The molecule has 0 saturated carbocycles. The molecule has 1 saturated heterocycles. The van der Waals surface area contributed by atoms with Crippen LogP contribution < -0.4 is 15.0 Å². The van der Waals surface area contributed by atoms with Gasteiger partial charge in [0.2, 0.25) is 0 Å². The van der Waals surface area contributed by atoms with Crippen LogP contribution in [-0.4, -0.2) is 43.0 Å². The summed E-state index contributed by atoms with van der Waals surface area (Å²) in [5.41, 5.74) is 3.89. The number of amides is 2. The third-order valence-electron chi connectivity index (χ3n) is 5.56. The predicted molar refractivity (Wildman–Crippen MR) is 128 cm³/mol. The van der Waals surface area contributed by atoms with Gasteiger partial charge in [-0.15, -0.1) is 0 Å². The highest BCUT2D eigenvalue weighted by molar-refractivity contribution is 5.95. The average Bonchev–Trinajstić information content (AvgIpc) is 3.43. The summed E-state index contributed by atoms with van der Waals surface area (Å²) >= 11 is 0. The quantitative estimate of drug-likeness (QED) is 0.409. The summed E-state index contributed by atoms with van der Waals surface area (Å²) < 4.78 is 53.8. The topological polar surface area (TPSA) is 76.8 Å². The van der Waals surface area contributed by atoms with E-state index in [2.05, 4.69) is 10.3 Å². The Bertz CT molecular complexity index is 1220. The Morgan fingerprint density at radius 1 is 1.19 bits per heavy atom. The predicted octanol–water partition coefficient (Wildman–Crippen LogP) is 5.64. The Morgan fingerprint density at radius 3 is 2.69 bits per heavy atom. The first-order chi connectivity index (χ1) is 17.1. The van der Waals surface area contributed by atoms with E-state index in [4.69, 9.17) is 13.9 Å². The molecule has 3 aromatic rings. The summed E-state index contributed by atoms with van der Waals surface area (Å²) in [5.74, 6) is 1.58. The van der Waals surface area contributed by atoms with E-state index in [9.17, 15) is 18.0 Å². The molecule has 0 aliphatic carbocycles. The van der Waals surface area contributed by atoms with Crippen molar-refractivity contribution in [2.45, 2.75) is 46.1 Å². The first-order valence-corrected chi connectivity index (χ1v) is 11.6. The lowest BCUT2D eigenvalue weighted by atomic mass is 10.0. The minimum Gasteiger partial charge on any atom is -0.491 e. The summed E-state index contributed by atoms with van der Waals surface area (Å²) in [6.45, 7) is 5.44. The number of alkyl halides is 3. The van der Waals surface area contributed by atoms with Crippen molar-refractivity contribution in [3.63, 3.8) is 0 Å². The smallest absolute Gasteiger partial charge is 0.411 e. The molecule has 2 heterocycles. The van der Waals surface area contributed by atoms with Gasteiger partial charge in [0.25, 0.3) is 0 Å². The number of nitrogens with one attached hydrogen (secondary N) is 1. The monoisotopic (exact) mass is 503 g/mol. The summed E-state index contributed by atoms with van der Waals surface area (Å²) in [6.07, 6.45) is -2.44. The number of ether oxygens (including phenoxy) is 2. The van der Waals surface area contributed by atoms with Gasteiger partial charge in [-0.3, -0.25) is 4.90 Å². The molecule has 2 aromatic carbocycles. The van der Waals surface area contributed by atoms with Gasteiger partial charge in [0.05, 0.1) is 18.9 Å². The number of urea groups is 1. The summed E-state index contributed by atoms with van der Waals surface area (Å²) in [5, 5.41) is 2.79. The Morgan fingerprint density at radius 2 is 2.00 bits per heavy atom. The second kappa shape index (κ2) is 10.6. The molecule has 1 fully saturated rings. The third-order valence-corrected chi connectivity index (χ3v) is 5.56. The largest absolute Gasteiger partial charge is 0.491 e. The number of aromatic nitrogens is 1. The van der Waals surface area contributed by atoms with Gasteiger partial charge in [0, 0.05) is 36.8 Å². The number of hydrogen-bond acceptors (Lipinski definition) is 5. The molecule has 1 N–H and O–H groups in total. The number of carbonyl (C=O) groups is 1. The molecule has 1 aromatic heterocycles. The molecule has 10 heteroatoms. The molecule has 0 bridgehead atoms. The van der Waals surface area contributed by atoms with Crippen molar-refractivity contribution < 1.29 is 31.9 Å². The van der Waals surface area contributed by atoms with Crippen LogP contribution >= 0.6 is 0 Å². The molecular formula is C26H28F3N3O4. The van der Waals surface area contributed by atoms with Crippen LogP contribution in [0.2, 0.25) is 0 Å². The standard InChI is InChI=1S/C26H28F3N3O4/c1-16(2)35-22-10-20(9-21(12-22)32-7-6-30-25(32)33)23-13-31-24(36-23)11-19-8-18(5-4-17(19)3)14-34-15-26(27,28)29/h4-5,8-10,12-13,16H,6-7,11,14-15H2,1-3H3,(H,30,33). The molecule has 0 radical (unpaired) electrons. The van der Waals surface area contributed by atoms with E-state index < -0.39 is 12.8 Å². The zero-order valence-corrected chi connectivity index (χ0v) is 20.3. The van der Waals surface area contributed by atoms with Crippen LogP contribution in [0.5, 0.6) is 5.75 Å². The number of hydrogen-bond donors (Lipinski definition) is 1. The SMILES string of the molecule is Cc1ccc(COCC(F)(F)F)cc1Cc1ncc(-c2cc(OC(C)C)cc(N3CCNC3=O)c2)o1. The lowest BCUT2D eigenvalue weighted by Gasteiger charge is -2.18.